The highest BCUT2D eigenvalue weighted by Crippen LogP contribution is 2.23. The number of aromatic nitrogens is 2. The molecule has 0 aromatic carbocycles. The third kappa shape index (κ3) is 4.34. The Balaban J connectivity index is 1.60. The van der Waals surface area contributed by atoms with Gasteiger partial charge < -0.3 is 0 Å². The Morgan fingerprint density at radius 1 is 1.17 bits per heavy atom. The van der Waals surface area contributed by atoms with Gasteiger partial charge in [-0.25, -0.2) is 4.68 Å². The zero-order valence-corrected chi connectivity index (χ0v) is 13.1. The van der Waals surface area contributed by atoms with Gasteiger partial charge in [0, 0.05) is 12.6 Å². The summed E-state index contributed by atoms with van der Waals surface area (Å²) in [5, 5.41) is 4.50. The molecule has 1 saturated heterocycles. The first-order valence-corrected chi connectivity index (χ1v) is 8.30. The van der Waals surface area contributed by atoms with Crippen molar-refractivity contribution in [3.05, 3.63) is 27.7 Å². The minimum absolute atomic E-state index is 0.0802. The number of aryl methyl sites for hydroxylation is 2. The van der Waals surface area contributed by atoms with Crippen LogP contribution in [0.15, 0.2) is 10.9 Å². The Kier molecular flexibility index (Phi) is 4.75. The third-order valence-corrected chi connectivity index (χ3v) is 4.82. The van der Waals surface area contributed by atoms with Gasteiger partial charge in [0.25, 0.3) is 5.56 Å². The van der Waals surface area contributed by atoms with Crippen molar-refractivity contribution in [1.82, 2.24) is 14.7 Å². The van der Waals surface area contributed by atoms with Crippen molar-refractivity contribution in [2.75, 3.05) is 19.6 Å². The van der Waals surface area contributed by atoms with Gasteiger partial charge in [0.15, 0.2) is 0 Å². The number of alkyl halides is 3. The van der Waals surface area contributed by atoms with Crippen LogP contribution in [0.3, 0.4) is 0 Å². The van der Waals surface area contributed by atoms with Crippen molar-refractivity contribution < 1.29 is 13.2 Å². The number of piperidine rings is 1. The quantitative estimate of drug-likeness (QED) is 0.855. The maximum Gasteiger partial charge on any atom is 0.401 e. The van der Waals surface area contributed by atoms with Crippen LogP contribution >= 0.6 is 0 Å². The summed E-state index contributed by atoms with van der Waals surface area (Å²) in [6.07, 6.45) is 1.28. The van der Waals surface area contributed by atoms with E-state index in [9.17, 15) is 18.0 Å². The molecule has 0 spiro atoms. The molecule has 4 nitrogen and oxygen atoms in total. The van der Waals surface area contributed by atoms with E-state index in [1.54, 1.807) is 6.07 Å². The average Bonchev–Trinajstić information content (AvgIpc) is 2.48. The predicted octanol–water partition coefficient (Wildman–Crippen LogP) is 2.40. The van der Waals surface area contributed by atoms with E-state index in [1.807, 2.05) is 0 Å². The first-order valence-electron chi connectivity index (χ1n) is 8.30. The Hall–Kier alpha value is -1.37. The Labute approximate surface area is 133 Å². The topological polar surface area (TPSA) is 38.1 Å². The second kappa shape index (κ2) is 6.63. The van der Waals surface area contributed by atoms with E-state index >= 15 is 0 Å². The number of rotatable bonds is 3. The maximum absolute atomic E-state index is 12.4. The third-order valence-electron chi connectivity index (χ3n) is 4.82. The van der Waals surface area contributed by atoms with Crippen LogP contribution in [0.1, 0.15) is 36.9 Å². The van der Waals surface area contributed by atoms with Crippen LogP contribution in [0, 0.1) is 5.92 Å². The highest BCUT2D eigenvalue weighted by Gasteiger charge is 2.32. The lowest BCUT2D eigenvalue weighted by atomic mass is 9.96. The zero-order valence-electron chi connectivity index (χ0n) is 13.1. The molecule has 3 rings (SSSR count). The van der Waals surface area contributed by atoms with Crippen molar-refractivity contribution >= 4 is 0 Å². The fraction of sp³-hybridized carbons (Fsp3) is 0.750. The summed E-state index contributed by atoms with van der Waals surface area (Å²) in [5.41, 5.74) is 2.01. The smallest absolute Gasteiger partial charge is 0.295 e. The molecule has 1 aromatic heterocycles. The molecule has 2 aliphatic rings. The first-order chi connectivity index (χ1) is 10.9. The van der Waals surface area contributed by atoms with Gasteiger partial charge in [-0.05, 0) is 63.1 Å². The monoisotopic (exact) mass is 329 g/mol. The van der Waals surface area contributed by atoms with Gasteiger partial charge in [-0.3, -0.25) is 9.69 Å². The number of hydrogen-bond acceptors (Lipinski definition) is 3. The van der Waals surface area contributed by atoms with Crippen LogP contribution in [-0.4, -0.2) is 40.5 Å². The largest absolute Gasteiger partial charge is 0.401 e. The number of halogens is 3. The maximum atomic E-state index is 12.4. The van der Waals surface area contributed by atoms with Gasteiger partial charge in [-0.2, -0.15) is 18.3 Å². The van der Waals surface area contributed by atoms with Crippen LogP contribution in [0.5, 0.6) is 0 Å². The molecular formula is C16H22F3N3O. The normalized spacial score (nSPS) is 20.5. The van der Waals surface area contributed by atoms with Crippen LogP contribution in [0.4, 0.5) is 13.2 Å². The lowest BCUT2D eigenvalue weighted by Gasteiger charge is -2.32. The van der Waals surface area contributed by atoms with E-state index < -0.39 is 12.7 Å². The Morgan fingerprint density at radius 2 is 1.87 bits per heavy atom. The van der Waals surface area contributed by atoms with Gasteiger partial charge in [0.1, 0.15) is 0 Å². The molecule has 23 heavy (non-hydrogen) atoms. The lowest BCUT2D eigenvalue weighted by molar-refractivity contribution is -0.148. The van der Waals surface area contributed by atoms with E-state index in [1.165, 1.54) is 9.58 Å². The fourth-order valence-electron chi connectivity index (χ4n) is 3.56. The van der Waals surface area contributed by atoms with Gasteiger partial charge >= 0.3 is 6.18 Å². The van der Waals surface area contributed by atoms with Crippen LogP contribution in [-0.2, 0) is 19.4 Å². The molecule has 1 aromatic rings. The summed E-state index contributed by atoms with van der Waals surface area (Å²) >= 11 is 0. The molecule has 1 fully saturated rings. The fourth-order valence-corrected chi connectivity index (χ4v) is 3.56. The predicted molar refractivity (Wildman–Crippen MR) is 80.4 cm³/mol. The number of likely N-dealkylation sites (tertiary alicyclic amines) is 1. The van der Waals surface area contributed by atoms with Crippen molar-refractivity contribution in [3.63, 3.8) is 0 Å². The summed E-state index contributed by atoms with van der Waals surface area (Å²) in [6, 6.07) is 1.69. The summed E-state index contributed by atoms with van der Waals surface area (Å²) in [5.74, 6) is 0.228. The van der Waals surface area contributed by atoms with Crippen LogP contribution < -0.4 is 5.56 Å². The van der Waals surface area contributed by atoms with E-state index in [0.717, 1.165) is 36.9 Å². The minimum atomic E-state index is -4.14. The molecule has 0 atom stereocenters. The minimum Gasteiger partial charge on any atom is -0.295 e. The highest BCUT2D eigenvalue weighted by molar-refractivity contribution is 5.20. The second-order valence-corrected chi connectivity index (χ2v) is 6.68. The average molecular weight is 329 g/mol. The molecular weight excluding hydrogens is 307 g/mol. The molecule has 0 bridgehead atoms. The second-order valence-electron chi connectivity index (χ2n) is 6.68. The van der Waals surface area contributed by atoms with Crippen molar-refractivity contribution in [2.45, 2.75) is 51.2 Å². The van der Waals surface area contributed by atoms with Crippen molar-refractivity contribution in [1.29, 1.82) is 0 Å². The van der Waals surface area contributed by atoms with E-state index in [-0.39, 0.29) is 11.5 Å². The molecule has 1 aliphatic heterocycles. The molecule has 0 saturated carbocycles. The lowest BCUT2D eigenvalue weighted by Crippen LogP contribution is -2.41. The zero-order chi connectivity index (χ0) is 16.4. The molecule has 7 heteroatoms. The number of hydrogen-bond donors (Lipinski definition) is 0. The standard InChI is InChI=1S/C16H22F3N3O/c17-16(18,19)11-21-7-5-12(6-8-21)10-22-15(23)9-13-3-1-2-4-14(13)20-22/h9,12H,1-8,10-11H2. The summed E-state index contributed by atoms with van der Waals surface area (Å²) in [4.78, 5) is 13.6. The molecule has 0 radical (unpaired) electrons. The van der Waals surface area contributed by atoms with Gasteiger partial charge in [0.2, 0.25) is 0 Å². The van der Waals surface area contributed by atoms with Crippen LogP contribution in [0.25, 0.3) is 0 Å². The summed E-state index contributed by atoms with van der Waals surface area (Å²) in [7, 11) is 0. The SMILES string of the molecule is O=c1cc2c(nn1CC1CCN(CC(F)(F)F)CC1)CCCC2. The van der Waals surface area contributed by atoms with E-state index in [2.05, 4.69) is 5.10 Å². The Morgan fingerprint density at radius 3 is 2.57 bits per heavy atom. The molecule has 2 heterocycles. The Bertz CT molecular complexity index is 604. The summed E-state index contributed by atoms with van der Waals surface area (Å²) in [6.45, 7) is 0.552. The molecule has 128 valence electrons. The van der Waals surface area contributed by atoms with Crippen molar-refractivity contribution in [2.24, 2.45) is 5.92 Å². The molecule has 0 amide bonds. The highest BCUT2D eigenvalue weighted by atomic mass is 19.4. The summed E-state index contributed by atoms with van der Waals surface area (Å²) < 4.78 is 38.7. The van der Waals surface area contributed by atoms with Crippen LogP contribution in [0.2, 0.25) is 0 Å². The molecule has 1 aliphatic carbocycles. The number of fused-ring (bicyclic) bond motifs is 1. The first kappa shape index (κ1) is 16.5. The van der Waals surface area contributed by atoms with Gasteiger partial charge in [-0.15, -0.1) is 0 Å². The van der Waals surface area contributed by atoms with Gasteiger partial charge in [-0.1, -0.05) is 0 Å². The van der Waals surface area contributed by atoms with E-state index in [4.69, 9.17) is 0 Å². The number of nitrogens with zero attached hydrogens (tertiary/aromatic N) is 3. The molecule has 0 N–H and O–H groups in total. The molecule has 0 unspecified atom stereocenters. The van der Waals surface area contributed by atoms with E-state index in [0.29, 0.717) is 32.5 Å². The van der Waals surface area contributed by atoms with Crippen molar-refractivity contribution in [3.8, 4) is 0 Å². The van der Waals surface area contributed by atoms with Gasteiger partial charge in [0.05, 0.1) is 12.2 Å².